The van der Waals surface area contributed by atoms with Gasteiger partial charge in [0.15, 0.2) is 22.8 Å². The van der Waals surface area contributed by atoms with Gasteiger partial charge in [-0.2, -0.15) is 13.2 Å². The fraction of sp³-hybridized carbons (Fsp3) is 0.282. The summed E-state index contributed by atoms with van der Waals surface area (Å²) in [7, 11) is 2.40. The molecule has 1 saturated heterocycles. The van der Waals surface area contributed by atoms with Crippen molar-refractivity contribution in [2.75, 3.05) is 50.0 Å². The molecule has 2 aliphatic heterocycles. The minimum absolute atomic E-state index is 0.0121. The third-order valence-electron chi connectivity index (χ3n) is 10.4. The lowest BCUT2D eigenvalue weighted by Gasteiger charge is -2.23. The van der Waals surface area contributed by atoms with E-state index in [0.717, 1.165) is 12.0 Å². The van der Waals surface area contributed by atoms with Crippen LogP contribution in [0.2, 0.25) is 0 Å². The first-order chi connectivity index (χ1) is 27.7. The van der Waals surface area contributed by atoms with E-state index in [4.69, 9.17) is 30.2 Å². The number of amides is 3. The maximum atomic E-state index is 14.5. The Hall–Kier alpha value is -6.24. The van der Waals surface area contributed by atoms with Crippen molar-refractivity contribution in [2.24, 2.45) is 0 Å². The van der Waals surface area contributed by atoms with E-state index in [1.54, 1.807) is 42.5 Å². The largest absolute Gasteiger partial charge is 0.493 e. The number of furan rings is 1. The second-order valence-corrected chi connectivity index (χ2v) is 14.2. The van der Waals surface area contributed by atoms with E-state index in [9.17, 15) is 42.6 Å². The van der Waals surface area contributed by atoms with Crippen LogP contribution in [0.15, 0.2) is 59.0 Å². The number of ether oxygens (including phenoxy) is 3. The number of aromatic nitrogens is 2. The highest BCUT2D eigenvalue weighted by Crippen LogP contribution is 2.50. The number of anilines is 2. The predicted octanol–water partition coefficient (Wildman–Crippen LogP) is 6.37. The fourth-order valence-electron chi connectivity index (χ4n) is 7.73. The van der Waals surface area contributed by atoms with E-state index in [1.165, 1.54) is 24.1 Å². The van der Waals surface area contributed by atoms with Gasteiger partial charge in [-0.3, -0.25) is 14.5 Å². The van der Waals surface area contributed by atoms with E-state index >= 15 is 0 Å². The topological polar surface area (TPSA) is 200 Å². The van der Waals surface area contributed by atoms with Gasteiger partial charge in [0, 0.05) is 51.8 Å². The van der Waals surface area contributed by atoms with Crippen molar-refractivity contribution in [1.29, 1.82) is 0 Å². The zero-order chi connectivity index (χ0) is 41.2. The summed E-state index contributed by atoms with van der Waals surface area (Å²) in [4.78, 5) is 61.7. The number of fused-ring (bicyclic) bond motifs is 5. The van der Waals surface area contributed by atoms with Crippen LogP contribution in [-0.2, 0) is 10.9 Å². The number of rotatable bonds is 8. The number of benzene rings is 3. The summed E-state index contributed by atoms with van der Waals surface area (Å²) in [6.45, 7) is -0.876. The minimum atomic E-state index is -5.11. The van der Waals surface area contributed by atoms with Gasteiger partial charge in [0.25, 0.3) is 11.8 Å². The lowest BCUT2D eigenvalue weighted by atomic mass is 9.95. The van der Waals surface area contributed by atoms with E-state index in [2.05, 4.69) is 15.3 Å². The van der Waals surface area contributed by atoms with Gasteiger partial charge in [-0.05, 0) is 48.4 Å². The molecule has 302 valence electrons. The third-order valence-corrected chi connectivity index (χ3v) is 10.7. The summed E-state index contributed by atoms with van der Waals surface area (Å²) >= 11 is 6.39. The Labute approximate surface area is 330 Å². The van der Waals surface area contributed by atoms with Gasteiger partial charge >= 0.3 is 18.2 Å². The van der Waals surface area contributed by atoms with Crippen LogP contribution in [0.4, 0.5) is 29.3 Å². The third kappa shape index (κ3) is 6.51. The number of alkyl halides is 4. The number of β-amino-alcohol motifs (C(OH)–C–C–N with tert-alkyl or cyclic N) is 1. The second kappa shape index (κ2) is 14.6. The Kier molecular flexibility index (Phi) is 9.73. The normalized spacial score (nSPS) is 18.0. The number of methoxy groups -OCH3 is 2. The van der Waals surface area contributed by atoms with Gasteiger partial charge in [0.1, 0.15) is 11.4 Å². The van der Waals surface area contributed by atoms with E-state index in [0.29, 0.717) is 33.3 Å². The summed E-state index contributed by atoms with van der Waals surface area (Å²) in [5.41, 5.74) is -1.28. The van der Waals surface area contributed by atoms with Crippen LogP contribution in [0.3, 0.4) is 0 Å². The van der Waals surface area contributed by atoms with Gasteiger partial charge in [-0.15, -0.1) is 11.6 Å². The molecule has 3 aromatic carbocycles. The molecule has 0 aliphatic carbocycles. The summed E-state index contributed by atoms with van der Waals surface area (Å²) in [6.07, 6.45) is -7.15. The molecular weight excluding hydrogens is 791 g/mol. The SMILES string of the molecule is COC(=O)c1c(C(F)(F)F)[nH]c2c(OC(=O)N3CC(O)C[C@H]3CO)cc3c(c12)[C@H](CCl)CN3C(=O)c1cc2cc(NC(=O)c3cc4cccc(OC)c4o3)ccc2[nH]1. The number of para-hydroxylation sites is 1. The number of esters is 1. The van der Waals surface area contributed by atoms with Crippen molar-refractivity contribution in [2.45, 2.75) is 30.7 Å². The van der Waals surface area contributed by atoms with Gasteiger partial charge in [0.05, 0.1) is 56.3 Å². The van der Waals surface area contributed by atoms with Crippen molar-refractivity contribution in [3.05, 3.63) is 82.9 Å². The second-order valence-electron chi connectivity index (χ2n) is 13.9. The summed E-state index contributed by atoms with van der Waals surface area (Å²) in [5.74, 6) is -3.47. The zero-order valence-electron chi connectivity index (χ0n) is 30.5. The Balaban J connectivity index is 1.17. The maximum Gasteiger partial charge on any atom is 0.432 e. The molecule has 3 aromatic heterocycles. The number of aromatic amines is 2. The first kappa shape index (κ1) is 38.6. The van der Waals surface area contributed by atoms with Crippen molar-refractivity contribution >= 4 is 79.6 Å². The number of carbonyl (C=O) groups excluding carboxylic acids is 4. The van der Waals surface area contributed by atoms with Crippen LogP contribution in [0, 0.1) is 0 Å². The van der Waals surface area contributed by atoms with Crippen molar-refractivity contribution in [3.8, 4) is 11.5 Å². The molecule has 0 bridgehead atoms. The summed E-state index contributed by atoms with van der Waals surface area (Å²) in [5, 5.41) is 23.6. The smallest absolute Gasteiger partial charge is 0.432 e. The van der Waals surface area contributed by atoms with Gasteiger partial charge in [0.2, 0.25) is 0 Å². The lowest BCUT2D eigenvalue weighted by Crippen LogP contribution is -2.39. The number of hydrogen-bond acceptors (Lipinski definition) is 10. The van der Waals surface area contributed by atoms with Crippen LogP contribution < -0.4 is 19.7 Å². The van der Waals surface area contributed by atoms with Gasteiger partial charge in [-0.1, -0.05) is 12.1 Å². The molecule has 19 heteroatoms. The van der Waals surface area contributed by atoms with Crippen molar-refractivity contribution in [1.82, 2.24) is 14.9 Å². The predicted molar refractivity (Wildman–Crippen MR) is 203 cm³/mol. The Morgan fingerprint density at radius 1 is 1.02 bits per heavy atom. The molecule has 1 unspecified atom stereocenters. The molecule has 58 heavy (non-hydrogen) atoms. The molecule has 3 atom stereocenters. The Morgan fingerprint density at radius 3 is 2.52 bits per heavy atom. The molecule has 2 aliphatic rings. The highest BCUT2D eigenvalue weighted by molar-refractivity contribution is 6.20. The monoisotopic (exact) mass is 823 g/mol. The van der Waals surface area contributed by atoms with E-state index < -0.39 is 71.7 Å². The van der Waals surface area contributed by atoms with Crippen LogP contribution in [-0.4, -0.2) is 101 Å². The number of nitrogens with one attached hydrogen (secondary N) is 3. The molecule has 5 N–H and O–H groups in total. The molecule has 0 radical (unpaired) electrons. The van der Waals surface area contributed by atoms with Crippen molar-refractivity contribution < 1.29 is 61.2 Å². The molecule has 8 rings (SSSR count). The minimum Gasteiger partial charge on any atom is -0.493 e. The molecular formula is C39H33ClF3N5O10. The molecule has 0 spiro atoms. The van der Waals surface area contributed by atoms with E-state index in [1.807, 2.05) is 0 Å². The number of halogens is 4. The highest BCUT2D eigenvalue weighted by Gasteiger charge is 2.45. The lowest BCUT2D eigenvalue weighted by molar-refractivity contribution is -0.141. The number of hydrogen-bond donors (Lipinski definition) is 5. The Morgan fingerprint density at radius 2 is 1.81 bits per heavy atom. The van der Waals surface area contributed by atoms with Crippen LogP contribution in [0.5, 0.6) is 11.5 Å². The van der Waals surface area contributed by atoms with Gasteiger partial charge < -0.3 is 49.0 Å². The van der Waals surface area contributed by atoms with Gasteiger partial charge in [-0.25, -0.2) is 9.59 Å². The number of H-pyrrole nitrogens is 2. The number of carbonyl (C=O) groups is 4. The fourth-order valence-corrected chi connectivity index (χ4v) is 7.99. The number of nitrogens with zero attached hydrogens (tertiary/aromatic N) is 2. The van der Waals surface area contributed by atoms with Crippen LogP contribution in [0.1, 0.15) is 55.0 Å². The number of likely N-dealkylation sites (tertiary alicyclic amines) is 1. The molecule has 3 amide bonds. The Bertz CT molecular complexity index is 2650. The number of aliphatic hydroxyl groups excluding tert-OH is 2. The summed E-state index contributed by atoms with van der Waals surface area (Å²) in [6, 6.07) is 13.6. The standard InChI is InChI=1S/C39H33ClF3N5O10/c1-55-26-5-3-4-17-10-28(57-33(17)26)35(51)44-20-6-7-23-18(8-20)9-24(45-23)36(52)48-14-19(13-40)29-25(48)12-27(58-38(54)47-15-22(50)11-21(47)16-49)32-30(29)31(37(53)56-2)34(46-32)39(41,42)43/h3-10,12,19,21-22,45-46,49-50H,11,13-16H2,1-2H3,(H,44,51)/t19-,21+,22?/m1/s1. The molecule has 15 nitrogen and oxygen atoms in total. The van der Waals surface area contributed by atoms with Crippen LogP contribution >= 0.6 is 11.6 Å². The summed E-state index contributed by atoms with van der Waals surface area (Å²) < 4.78 is 65.1. The quantitative estimate of drug-likeness (QED) is 0.0849. The molecule has 5 heterocycles. The average Bonchev–Trinajstić information content (AvgIpc) is 4.04. The first-order valence-electron chi connectivity index (χ1n) is 17.8. The molecule has 1 fully saturated rings. The van der Waals surface area contributed by atoms with Crippen molar-refractivity contribution in [3.63, 3.8) is 0 Å². The zero-order valence-corrected chi connectivity index (χ0v) is 31.3. The maximum absolute atomic E-state index is 14.5. The molecule has 6 aromatic rings. The highest BCUT2D eigenvalue weighted by atomic mass is 35.5. The number of aliphatic hydroxyl groups is 2. The first-order valence-corrected chi connectivity index (χ1v) is 18.3. The average molecular weight is 824 g/mol. The van der Waals surface area contributed by atoms with Crippen LogP contribution in [0.25, 0.3) is 32.8 Å². The van der Waals surface area contributed by atoms with E-state index in [-0.39, 0.29) is 59.0 Å². The molecule has 0 saturated carbocycles.